The molecule has 1 aliphatic carbocycles. The van der Waals surface area contributed by atoms with Crippen molar-refractivity contribution in [2.45, 2.75) is 49.8 Å². The van der Waals surface area contributed by atoms with Crippen LogP contribution in [-0.4, -0.2) is 57.6 Å². The Morgan fingerprint density at radius 3 is 2.54 bits per heavy atom. The van der Waals surface area contributed by atoms with Crippen LogP contribution in [0.3, 0.4) is 0 Å². The number of piperazine rings is 1. The van der Waals surface area contributed by atoms with Gasteiger partial charge in [-0.1, -0.05) is 30.3 Å². The summed E-state index contributed by atoms with van der Waals surface area (Å²) in [6, 6.07) is 15.3. The van der Waals surface area contributed by atoms with Gasteiger partial charge in [-0.25, -0.2) is 4.39 Å². The van der Waals surface area contributed by atoms with Gasteiger partial charge in [0.15, 0.2) is 5.82 Å². The van der Waals surface area contributed by atoms with Crippen LogP contribution in [0, 0.1) is 5.82 Å². The van der Waals surface area contributed by atoms with Crippen molar-refractivity contribution in [1.29, 1.82) is 0 Å². The van der Waals surface area contributed by atoms with Gasteiger partial charge in [-0.15, -0.1) is 0 Å². The number of rotatable bonds is 5. The molecule has 0 unspecified atom stereocenters. The predicted molar refractivity (Wildman–Crippen MR) is 141 cm³/mol. The van der Waals surface area contributed by atoms with Gasteiger partial charge in [-0.2, -0.15) is 9.97 Å². The lowest BCUT2D eigenvalue weighted by molar-refractivity contribution is -0.0681. The molecule has 0 radical (unpaired) electrons. The fraction of sp³-hybridized carbons (Fsp3) is 0.379. The zero-order valence-corrected chi connectivity index (χ0v) is 20.5. The van der Waals surface area contributed by atoms with Gasteiger partial charge >= 0.3 is 6.01 Å². The molecule has 0 amide bonds. The van der Waals surface area contributed by atoms with Crippen LogP contribution < -0.4 is 15.0 Å². The predicted octanol–water partition coefficient (Wildman–Crippen LogP) is 4.53. The van der Waals surface area contributed by atoms with Crippen LogP contribution in [0.5, 0.6) is 11.8 Å². The van der Waals surface area contributed by atoms with E-state index in [0.29, 0.717) is 47.3 Å². The highest BCUT2D eigenvalue weighted by molar-refractivity contribution is 6.01. The van der Waals surface area contributed by atoms with Crippen molar-refractivity contribution in [2.75, 3.05) is 24.6 Å². The fourth-order valence-electron chi connectivity index (χ4n) is 6.05. The number of halogens is 1. The number of nitrogens with zero attached hydrogens (tertiary/aromatic N) is 3. The molecule has 2 atom stereocenters. The zero-order chi connectivity index (χ0) is 25.1. The van der Waals surface area contributed by atoms with E-state index in [-0.39, 0.29) is 23.9 Å². The molecule has 7 nitrogen and oxygen atoms in total. The van der Waals surface area contributed by atoms with Crippen LogP contribution in [0.2, 0.25) is 0 Å². The number of hydrogen-bond donors (Lipinski definition) is 3. The van der Waals surface area contributed by atoms with Crippen LogP contribution in [0.1, 0.15) is 32.1 Å². The smallest absolute Gasteiger partial charge is 0.319 e. The molecule has 190 valence electrons. The second-order valence-electron chi connectivity index (χ2n) is 10.8. The van der Waals surface area contributed by atoms with Crippen molar-refractivity contribution >= 4 is 27.5 Å². The highest BCUT2D eigenvalue weighted by atomic mass is 19.1. The summed E-state index contributed by atoms with van der Waals surface area (Å²) in [5, 5.41) is 26.8. The van der Waals surface area contributed by atoms with Crippen LogP contribution in [0.4, 0.5) is 10.2 Å². The maximum atomic E-state index is 16.4. The summed E-state index contributed by atoms with van der Waals surface area (Å²) in [6.45, 7) is 1.66. The summed E-state index contributed by atoms with van der Waals surface area (Å²) in [7, 11) is 0. The van der Waals surface area contributed by atoms with E-state index >= 15 is 4.39 Å². The first-order chi connectivity index (χ1) is 18.0. The number of ether oxygens (including phenoxy) is 1. The molecule has 0 spiro atoms. The van der Waals surface area contributed by atoms with Crippen LogP contribution in [-0.2, 0) is 0 Å². The lowest BCUT2D eigenvalue weighted by atomic mass is 9.81. The summed E-state index contributed by atoms with van der Waals surface area (Å²) in [4.78, 5) is 11.5. The first-order valence-corrected chi connectivity index (χ1v) is 13.0. The van der Waals surface area contributed by atoms with Crippen molar-refractivity contribution in [2.24, 2.45) is 0 Å². The Morgan fingerprint density at radius 2 is 1.78 bits per heavy atom. The van der Waals surface area contributed by atoms with E-state index in [2.05, 4.69) is 15.2 Å². The van der Waals surface area contributed by atoms with Crippen molar-refractivity contribution in [3.63, 3.8) is 0 Å². The van der Waals surface area contributed by atoms with Gasteiger partial charge in [0.05, 0.1) is 5.60 Å². The number of fused-ring (bicyclic) bond motifs is 4. The average Bonchev–Trinajstić information content (AvgIpc) is 3.23. The molecule has 1 aromatic heterocycles. The summed E-state index contributed by atoms with van der Waals surface area (Å²) in [6.07, 6.45) is 4.55. The number of anilines is 1. The largest absolute Gasteiger partial charge is 0.508 e. The quantitative estimate of drug-likeness (QED) is 0.371. The van der Waals surface area contributed by atoms with Crippen molar-refractivity contribution < 1.29 is 19.3 Å². The molecular formula is C29H29FN4O3. The van der Waals surface area contributed by atoms with Crippen molar-refractivity contribution in [3.8, 4) is 22.9 Å². The first-order valence-electron chi connectivity index (χ1n) is 13.0. The van der Waals surface area contributed by atoms with Gasteiger partial charge in [0.2, 0.25) is 0 Å². The molecule has 3 aliphatic rings. The van der Waals surface area contributed by atoms with Gasteiger partial charge in [-0.05, 0) is 66.6 Å². The second kappa shape index (κ2) is 8.53. The average molecular weight is 501 g/mol. The molecule has 1 saturated carbocycles. The number of nitrogens with one attached hydrogen (secondary N) is 1. The monoisotopic (exact) mass is 500 g/mol. The normalized spacial score (nSPS) is 22.4. The maximum Gasteiger partial charge on any atom is 0.319 e. The SMILES string of the molecule is Oc1cc(-c2ccc3c(N4C[C@H]5CC[C@@H](C4)N5)nc(OCC4(O)CCC4)nc3c2F)c2ccccc2c1. The second-order valence-corrected chi connectivity index (χ2v) is 10.8. The fourth-order valence-corrected chi connectivity index (χ4v) is 6.05. The standard InChI is InChI=1S/C29H29FN4O3/c30-25-22(24-13-20(35)12-17-4-1-2-5-21(17)24)8-9-23-26(25)32-28(37-16-29(36)10-3-11-29)33-27(23)34-14-18-6-7-19(15-34)31-18/h1-2,4-5,8-9,12-13,18-19,31,35-36H,3,6-7,10-11,14-16H2/t18-,19+. The lowest BCUT2D eigenvalue weighted by Gasteiger charge is -2.36. The zero-order valence-electron chi connectivity index (χ0n) is 20.5. The van der Waals surface area contributed by atoms with Crippen LogP contribution in [0.15, 0.2) is 48.5 Å². The molecule has 8 heteroatoms. The number of phenolic OH excluding ortho intramolecular Hbond substituents is 1. The maximum absolute atomic E-state index is 16.4. The minimum absolute atomic E-state index is 0.0746. The summed E-state index contributed by atoms with van der Waals surface area (Å²) in [5.74, 6) is 0.248. The Morgan fingerprint density at radius 1 is 1.00 bits per heavy atom. The number of benzene rings is 3. The Labute approximate surface area is 213 Å². The lowest BCUT2D eigenvalue weighted by Crippen LogP contribution is -2.51. The molecule has 3 aromatic carbocycles. The van der Waals surface area contributed by atoms with Crippen LogP contribution >= 0.6 is 0 Å². The third kappa shape index (κ3) is 3.95. The van der Waals surface area contributed by atoms with Crippen LogP contribution in [0.25, 0.3) is 32.8 Å². The minimum atomic E-state index is -0.868. The third-order valence-electron chi connectivity index (χ3n) is 8.17. The third-order valence-corrected chi connectivity index (χ3v) is 8.17. The van der Waals surface area contributed by atoms with E-state index in [0.717, 1.165) is 43.1 Å². The van der Waals surface area contributed by atoms with E-state index < -0.39 is 11.4 Å². The number of aromatic hydroxyl groups is 1. The molecular weight excluding hydrogens is 471 g/mol. The molecule has 7 rings (SSSR count). The van der Waals surface area contributed by atoms with Crippen molar-refractivity contribution in [3.05, 3.63) is 54.3 Å². The number of phenols is 1. The first kappa shape index (κ1) is 22.7. The van der Waals surface area contributed by atoms with Gasteiger partial charge in [-0.3, -0.25) is 0 Å². The molecule has 3 heterocycles. The van der Waals surface area contributed by atoms with Gasteiger partial charge < -0.3 is 25.2 Å². The molecule has 2 aliphatic heterocycles. The molecule has 2 saturated heterocycles. The Bertz CT molecular complexity index is 1510. The Hall–Kier alpha value is -3.49. The van der Waals surface area contributed by atoms with E-state index in [4.69, 9.17) is 9.72 Å². The van der Waals surface area contributed by atoms with E-state index in [9.17, 15) is 10.2 Å². The summed E-state index contributed by atoms with van der Waals surface area (Å²) < 4.78 is 22.2. The van der Waals surface area contributed by atoms with Gasteiger partial charge in [0.1, 0.15) is 23.7 Å². The molecule has 4 aromatic rings. The molecule has 2 bridgehead atoms. The molecule has 3 fully saturated rings. The molecule has 37 heavy (non-hydrogen) atoms. The Kier molecular flexibility index (Phi) is 5.23. The number of aliphatic hydroxyl groups is 1. The highest BCUT2D eigenvalue weighted by Gasteiger charge is 2.36. The molecule has 3 N–H and O–H groups in total. The van der Waals surface area contributed by atoms with Crippen molar-refractivity contribution in [1.82, 2.24) is 15.3 Å². The van der Waals surface area contributed by atoms with Gasteiger partial charge in [0.25, 0.3) is 0 Å². The summed E-state index contributed by atoms with van der Waals surface area (Å²) in [5.41, 5.74) is 0.263. The number of hydrogen-bond acceptors (Lipinski definition) is 7. The van der Waals surface area contributed by atoms with E-state index in [1.165, 1.54) is 0 Å². The topological polar surface area (TPSA) is 90.7 Å². The summed E-state index contributed by atoms with van der Waals surface area (Å²) >= 11 is 0. The van der Waals surface area contributed by atoms with Gasteiger partial charge in [0, 0.05) is 36.1 Å². The Balaban J connectivity index is 1.38. The number of aromatic nitrogens is 2. The van der Waals surface area contributed by atoms with E-state index in [1.807, 2.05) is 30.3 Å². The van der Waals surface area contributed by atoms with E-state index in [1.54, 1.807) is 18.2 Å². The minimum Gasteiger partial charge on any atom is -0.508 e. The highest BCUT2D eigenvalue weighted by Crippen LogP contribution is 2.39.